The van der Waals surface area contributed by atoms with E-state index in [0.717, 1.165) is 24.3 Å². The van der Waals surface area contributed by atoms with E-state index in [2.05, 4.69) is 9.97 Å². The van der Waals surface area contributed by atoms with Gasteiger partial charge in [-0.2, -0.15) is 13.2 Å². The number of anilines is 1. The first-order valence-electron chi connectivity index (χ1n) is 16.8. The van der Waals surface area contributed by atoms with Crippen molar-refractivity contribution in [3.63, 3.8) is 0 Å². The average Bonchev–Trinajstić information content (AvgIpc) is 3.03. The maximum absolute atomic E-state index is 17.2. The van der Waals surface area contributed by atoms with Crippen LogP contribution >= 0.6 is 0 Å². The smallest absolute Gasteiger partial charge is 0.416 e. The first kappa shape index (κ1) is 34.5. The van der Waals surface area contributed by atoms with Gasteiger partial charge < -0.3 is 14.7 Å². The average molecular weight is 677 g/mol. The monoisotopic (exact) mass is 676 g/mol. The van der Waals surface area contributed by atoms with E-state index < -0.39 is 35.9 Å². The quantitative estimate of drug-likeness (QED) is 0.252. The lowest BCUT2D eigenvalue weighted by Gasteiger charge is -2.41. The van der Waals surface area contributed by atoms with Gasteiger partial charge in [-0.1, -0.05) is 26.0 Å². The van der Waals surface area contributed by atoms with Crippen molar-refractivity contribution in [3.8, 4) is 5.75 Å². The second-order valence-corrected chi connectivity index (χ2v) is 14.3. The lowest BCUT2D eigenvalue weighted by molar-refractivity contribution is -0.137. The molecular weight excluding hydrogens is 634 g/mol. The summed E-state index contributed by atoms with van der Waals surface area (Å²) in [6.07, 6.45) is -2.62. The summed E-state index contributed by atoms with van der Waals surface area (Å²) in [5.74, 6) is -2.39. The molecule has 260 valence electrons. The van der Waals surface area contributed by atoms with Crippen LogP contribution in [0.2, 0.25) is 0 Å². The number of aliphatic hydroxyl groups excluding tert-OH is 1. The Morgan fingerprint density at radius 2 is 1.58 bits per heavy atom. The van der Waals surface area contributed by atoms with Crippen LogP contribution in [0.25, 0.3) is 0 Å². The molecule has 0 radical (unpaired) electrons. The fourth-order valence-corrected chi connectivity index (χ4v) is 7.78. The van der Waals surface area contributed by atoms with Crippen LogP contribution in [0.4, 0.5) is 32.3 Å². The fraction of sp³-hybridized carbons (Fsp3) is 0.583. The van der Waals surface area contributed by atoms with Gasteiger partial charge in [0.1, 0.15) is 0 Å². The van der Waals surface area contributed by atoms with Gasteiger partial charge in [0.2, 0.25) is 11.9 Å². The Labute approximate surface area is 277 Å². The van der Waals surface area contributed by atoms with Crippen LogP contribution in [0.5, 0.6) is 5.75 Å². The number of ether oxygens (including phenoxy) is 1. The van der Waals surface area contributed by atoms with Crippen molar-refractivity contribution >= 4 is 5.95 Å². The Hall–Kier alpha value is -3.41. The second-order valence-electron chi connectivity index (χ2n) is 14.3. The molecule has 48 heavy (non-hydrogen) atoms. The third-order valence-electron chi connectivity index (χ3n) is 10.1. The number of pyridine rings is 1. The molecular formula is C36H42F6N4O2. The van der Waals surface area contributed by atoms with E-state index in [-0.39, 0.29) is 48.1 Å². The zero-order valence-electron chi connectivity index (χ0n) is 27.5. The van der Waals surface area contributed by atoms with E-state index in [0.29, 0.717) is 79.6 Å². The highest BCUT2D eigenvalue weighted by Crippen LogP contribution is 2.52. The Kier molecular flexibility index (Phi) is 9.43. The summed E-state index contributed by atoms with van der Waals surface area (Å²) in [6.45, 7) is 7.53. The summed E-state index contributed by atoms with van der Waals surface area (Å²) >= 11 is 0. The van der Waals surface area contributed by atoms with Crippen molar-refractivity contribution in [3.05, 3.63) is 75.9 Å². The standard InChI is InChI=1S/C36H42F6N4O2/c1-4-48-25-19-43-33(44-20-25)46-15-11-23(12-16-46)32-30(31(37)22-5-7-24(8-6-22)36(40,41)42)28(21-9-13-35(38,39)14-10-21)29-26(45-32)17-34(2,3)18-27(29)47/h5-8,19-21,23,27,31,47H,4,9-18H2,1-3H3/t27-,31-/m0/s1. The lowest BCUT2D eigenvalue weighted by Crippen LogP contribution is -2.36. The van der Waals surface area contributed by atoms with Gasteiger partial charge in [-0.3, -0.25) is 4.98 Å². The minimum absolute atomic E-state index is 0.0271. The highest BCUT2D eigenvalue weighted by Gasteiger charge is 2.43. The molecule has 2 atom stereocenters. The van der Waals surface area contributed by atoms with Gasteiger partial charge >= 0.3 is 6.18 Å². The van der Waals surface area contributed by atoms with Gasteiger partial charge in [0, 0.05) is 48.7 Å². The minimum atomic E-state index is -4.58. The summed E-state index contributed by atoms with van der Waals surface area (Å²) in [4.78, 5) is 16.0. The number of hydrogen-bond donors (Lipinski definition) is 1. The molecule has 2 aliphatic carbocycles. The topological polar surface area (TPSA) is 71.4 Å². The van der Waals surface area contributed by atoms with Crippen molar-refractivity contribution < 1.29 is 36.2 Å². The summed E-state index contributed by atoms with van der Waals surface area (Å²) in [6, 6.07) is 4.00. The van der Waals surface area contributed by atoms with Crippen LogP contribution in [-0.4, -0.2) is 45.7 Å². The van der Waals surface area contributed by atoms with Crippen molar-refractivity contribution in [1.82, 2.24) is 15.0 Å². The van der Waals surface area contributed by atoms with Crippen LogP contribution in [0.15, 0.2) is 36.7 Å². The molecule has 0 unspecified atom stereocenters. The summed E-state index contributed by atoms with van der Waals surface area (Å²) < 4.78 is 91.7. The number of rotatable bonds is 7. The molecule has 0 spiro atoms. The van der Waals surface area contributed by atoms with Crippen molar-refractivity contribution in [2.24, 2.45) is 5.41 Å². The van der Waals surface area contributed by atoms with E-state index in [4.69, 9.17) is 9.72 Å². The predicted molar refractivity (Wildman–Crippen MR) is 169 cm³/mol. The van der Waals surface area contributed by atoms with Gasteiger partial charge in [-0.05, 0) is 80.0 Å². The summed E-state index contributed by atoms with van der Waals surface area (Å²) in [7, 11) is 0. The Balaban J connectivity index is 1.44. The van der Waals surface area contributed by atoms with E-state index in [9.17, 15) is 27.1 Å². The molecule has 0 amide bonds. The molecule has 2 fully saturated rings. The molecule has 12 heteroatoms. The molecule has 2 aromatic heterocycles. The minimum Gasteiger partial charge on any atom is -0.491 e. The predicted octanol–water partition coefficient (Wildman–Crippen LogP) is 9.03. The Morgan fingerprint density at radius 1 is 0.958 bits per heavy atom. The van der Waals surface area contributed by atoms with Crippen LogP contribution < -0.4 is 9.64 Å². The number of alkyl halides is 6. The van der Waals surface area contributed by atoms with Gasteiger partial charge in [0.25, 0.3) is 0 Å². The molecule has 1 saturated heterocycles. The van der Waals surface area contributed by atoms with Crippen LogP contribution in [-0.2, 0) is 12.6 Å². The lowest BCUT2D eigenvalue weighted by atomic mass is 9.68. The van der Waals surface area contributed by atoms with Crippen molar-refractivity contribution in [2.45, 2.75) is 108 Å². The van der Waals surface area contributed by atoms with Gasteiger partial charge in [-0.15, -0.1) is 0 Å². The number of fused-ring (bicyclic) bond motifs is 1. The molecule has 1 aliphatic heterocycles. The van der Waals surface area contributed by atoms with Gasteiger partial charge in [-0.25, -0.2) is 23.1 Å². The molecule has 1 aromatic carbocycles. The number of halogens is 6. The fourth-order valence-electron chi connectivity index (χ4n) is 7.78. The zero-order chi connectivity index (χ0) is 34.4. The third kappa shape index (κ3) is 7.14. The van der Waals surface area contributed by atoms with Crippen LogP contribution in [0.1, 0.15) is 129 Å². The Morgan fingerprint density at radius 3 is 2.17 bits per heavy atom. The van der Waals surface area contributed by atoms with E-state index >= 15 is 4.39 Å². The third-order valence-corrected chi connectivity index (χ3v) is 10.1. The first-order valence-corrected chi connectivity index (χ1v) is 16.8. The molecule has 3 aromatic rings. The van der Waals surface area contributed by atoms with Crippen LogP contribution in [0, 0.1) is 5.41 Å². The number of aromatic nitrogens is 3. The Bertz CT molecular complexity index is 1580. The highest BCUT2D eigenvalue weighted by molar-refractivity contribution is 5.51. The molecule has 1 N–H and O–H groups in total. The summed E-state index contributed by atoms with van der Waals surface area (Å²) in [5.41, 5.74) is 1.26. The molecule has 6 rings (SSSR count). The summed E-state index contributed by atoms with van der Waals surface area (Å²) in [5, 5.41) is 11.6. The second kappa shape index (κ2) is 13.1. The number of benzene rings is 1. The number of aliphatic hydroxyl groups is 1. The van der Waals surface area contributed by atoms with Crippen molar-refractivity contribution in [1.29, 1.82) is 0 Å². The van der Waals surface area contributed by atoms with Gasteiger partial charge in [0.15, 0.2) is 11.9 Å². The highest BCUT2D eigenvalue weighted by atomic mass is 19.4. The maximum atomic E-state index is 17.2. The molecule has 3 aliphatic rings. The zero-order valence-corrected chi connectivity index (χ0v) is 27.5. The number of hydrogen-bond acceptors (Lipinski definition) is 6. The van der Waals surface area contributed by atoms with E-state index in [1.54, 1.807) is 12.4 Å². The van der Waals surface area contributed by atoms with Crippen molar-refractivity contribution in [2.75, 3.05) is 24.6 Å². The largest absolute Gasteiger partial charge is 0.491 e. The van der Waals surface area contributed by atoms with Gasteiger partial charge in [0.05, 0.1) is 36.4 Å². The number of piperidine rings is 1. The molecule has 0 bridgehead atoms. The molecule has 1 saturated carbocycles. The first-order chi connectivity index (χ1) is 22.7. The molecule has 6 nitrogen and oxygen atoms in total. The van der Waals surface area contributed by atoms with E-state index in [1.165, 1.54) is 0 Å². The SMILES string of the molecule is CCOc1cnc(N2CCC(c3nc4c(c(C5CCC(F)(F)CC5)c3[C@@H](F)c3ccc(C(F)(F)F)cc3)[C@@H](O)CC(C)(C)C4)CC2)nc1. The van der Waals surface area contributed by atoms with Crippen LogP contribution in [0.3, 0.4) is 0 Å². The van der Waals surface area contributed by atoms with E-state index in [1.807, 2.05) is 25.7 Å². The number of nitrogens with zero attached hydrogens (tertiary/aromatic N) is 4. The maximum Gasteiger partial charge on any atom is 0.416 e. The molecule has 3 heterocycles. The normalized spacial score (nSPS) is 22.3.